The third-order valence-electron chi connectivity index (χ3n) is 6.14. The first-order valence-electron chi connectivity index (χ1n) is 12.3. The lowest BCUT2D eigenvalue weighted by atomic mass is 10.1. The Labute approximate surface area is 231 Å². The molecule has 9 heteroatoms. The van der Waals surface area contributed by atoms with Crippen molar-refractivity contribution in [2.75, 3.05) is 9.62 Å². The zero-order valence-corrected chi connectivity index (χ0v) is 23.0. The van der Waals surface area contributed by atoms with Gasteiger partial charge in [-0.25, -0.2) is 8.42 Å². The van der Waals surface area contributed by atoms with Crippen molar-refractivity contribution in [2.24, 2.45) is 0 Å². The normalized spacial score (nSPS) is 11.2. The van der Waals surface area contributed by atoms with Crippen molar-refractivity contribution in [3.05, 3.63) is 125 Å². The van der Waals surface area contributed by atoms with E-state index in [1.54, 1.807) is 48.5 Å². The Morgan fingerprint density at radius 2 is 1.41 bits per heavy atom. The van der Waals surface area contributed by atoms with Gasteiger partial charge < -0.3 is 0 Å². The highest BCUT2D eigenvalue weighted by atomic mass is 32.2. The lowest BCUT2D eigenvalue weighted by Gasteiger charge is -2.26. The smallest absolute Gasteiger partial charge is 0.264 e. The van der Waals surface area contributed by atoms with E-state index in [2.05, 4.69) is 15.5 Å². The van der Waals surface area contributed by atoms with Crippen molar-refractivity contribution < 1.29 is 13.2 Å². The van der Waals surface area contributed by atoms with E-state index in [9.17, 15) is 13.2 Å². The molecule has 1 heterocycles. The molecule has 0 spiro atoms. The lowest BCUT2D eigenvalue weighted by Crippen LogP contribution is -2.32. The summed E-state index contributed by atoms with van der Waals surface area (Å²) < 4.78 is 29.2. The monoisotopic (exact) mass is 554 g/mol. The van der Waals surface area contributed by atoms with Crippen molar-refractivity contribution >= 4 is 38.1 Å². The molecule has 4 aromatic carbocycles. The van der Waals surface area contributed by atoms with Gasteiger partial charge in [0.05, 0.1) is 22.7 Å². The van der Waals surface area contributed by atoms with Crippen molar-refractivity contribution in [1.82, 2.24) is 10.2 Å². The number of benzene rings is 4. The van der Waals surface area contributed by atoms with Gasteiger partial charge in [0, 0.05) is 5.56 Å². The molecule has 0 saturated heterocycles. The van der Waals surface area contributed by atoms with Gasteiger partial charge in [-0.1, -0.05) is 101 Å². The van der Waals surface area contributed by atoms with Crippen LogP contribution in [0.3, 0.4) is 0 Å². The fourth-order valence-corrected chi connectivity index (χ4v) is 6.24. The number of nitrogens with one attached hydrogen (secondary N) is 1. The summed E-state index contributed by atoms with van der Waals surface area (Å²) in [4.78, 5) is 13.6. The van der Waals surface area contributed by atoms with Gasteiger partial charge in [-0.15, -0.1) is 10.2 Å². The SMILES string of the molecule is Cc1ccc(-c2nnc(NC(=O)c3ccccc3N(Cc3ccccc3)S(=O)(=O)c3ccc(C)cc3)s2)cc1. The summed E-state index contributed by atoms with van der Waals surface area (Å²) in [7, 11) is -4.01. The maximum Gasteiger partial charge on any atom is 0.264 e. The van der Waals surface area contributed by atoms with Crippen LogP contribution in [0, 0.1) is 13.8 Å². The van der Waals surface area contributed by atoms with Crippen LogP contribution in [0.4, 0.5) is 10.8 Å². The Hall–Kier alpha value is -4.34. The Morgan fingerprint density at radius 1 is 0.795 bits per heavy atom. The van der Waals surface area contributed by atoms with Gasteiger partial charge in [-0.2, -0.15) is 0 Å². The molecule has 0 unspecified atom stereocenters. The highest BCUT2D eigenvalue weighted by Gasteiger charge is 2.29. The van der Waals surface area contributed by atoms with Crippen LogP contribution in [0.1, 0.15) is 27.0 Å². The maximum absolute atomic E-state index is 13.9. The van der Waals surface area contributed by atoms with E-state index in [-0.39, 0.29) is 22.7 Å². The number of carbonyl (C=O) groups is 1. The first-order chi connectivity index (χ1) is 18.8. The molecule has 0 saturated carbocycles. The molecule has 5 rings (SSSR count). The average Bonchev–Trinajstić information content (AvgIpc) is 3.41. The second kappa shape index (κ2) is 11.2. The second-order valence-corrected chi connectivity index (χ2v) is 11.9. The Kier molecular flexibility index (Phi) is 7.53. The number of rotatable bonds is 8. The first kappa shape index (κ1) is 26.3. The minimum atomic E-state index is -4.01. The number of hydrogen-bond acceptors (Lipinski definition) is 6. The number of hydrogen-bond donors (Lipinski definition) is 1. The molecule has 0 atom stereocenters. The molecule has 1 amide bonds. The predicted octanol–water partition coefficient (Wildman–Crippen LogP) is 6.47. The first-order valence-corrected chi connectivity index (χ1v) is 14.5. The molecule has 0 bridgehead atoms. The van der Waals surface area contributed by atoms with Crippen LogP contribution in [0.2, 0.25) is 0 Å². The largest absolute Gasteiger partial charge is 0.296 e. The van der Waals surface area contributed by atoms with Crippen LogP contribution < -0.4 is 9.62 Å². The third kappa shape index (κ3) is 5.89. The number of anilines is 2. The molecule has 5 aromatic rings. The quantitative estimate of drug-likeness (QED) is 0.237. The number of aromatic nitrogens is 2. The Bertz CT molecular complexity index is 1700. The number of amides is 1. The molecule has 0 aliphatic rings. The van der Waals surface area contributed by atoms with Gasteiger partial charge in [0.15, 0.2) is 0 Å². The molecule has 1 N–H and O–H groups in total. The summed E-state index contributed by atoms with van der Waals surface area (Å²) >= 11 is 1.25. The standard InChI is InChI=1S/C30H26N4O3S2/c1-21-12-16-24(17-13-21)29-32-33-30(38-29)31-28(35)26-10-6-7-11-27(26)34(20-23-8-4-3-5-9-23)39(36,37)25-18-14-22(2)15-19-25/h3-19H,20H2,1-2H3,(H,31,33,35). The van der Waals surface area contributed by atoms with Gasteiger partial charge in [0.2, 0.25) is 5.13 Å². The summed E-state index contributed by atoms with van der Waals surface area (Å²) in [5.74, 6) is -0.477. The lowest BCUT2D eigenvalue weighted by molar-refractivity contribution is 0.102. The number of carbonyl (C=O) groups excluding carboxylic acids is 1. The van der Waals surface area contributed by atoms with E-state index in [4.69, 9.17) is 0 Å². The number of nitrogens with zero attached hydrogens (tertiary/aromatic N) is 3. The maximum atomic E-state index is 13.9. The van der Waals surface area contributed by atoms with Crippen LogP contribution in [-0.2, 0) is 16.6 Å². The molecular weight excluding hydrogens is 528 g/mol. The molecule has 196 valence electrons. The van der Waals surface area contributed by atoms with Crippen molar-refractivity contribution in [3.63, 3.8) is 0 Å². The molecule has 39 heavy (non-hydrogen) atoms. The topological polar surface area (TPSA) is 92.3 Å². The summed E-state index contributed by atoms with van der Waals surface area (Å²) in [5, 5.41) is 12.1. The molecule has 0 aliphatic carbocycles. The van der Waals surface area contributed by atoms with Crippen molar-refractivity contribution in [1.29, 1.82) is 0 Å². The number of sulfonamides is 1. The van der Waals surface area contributed by atoms with Crippen molar-refractivity contribution in [3.8, 4) is 10.6 Å². The highest BCUT2D eigenvalue weighted by Crippen LogP contribution is 2.31. The van der Waals surface area contributed by atoms with Gasteiger partial charge in [0.25, 0.3) is 15.9 Å². The van der Waals surface area contributed by atoms with Crippen LogP contribution in [0.5, 0.6) is 0 Å². The van der Waals surface area contributed by atoms with E-state index in [1.165, 1.54) is 15.6 Å². The Balaban J connectivity index is 1.50. The minimum Gasteiger partial charge on any atom is -0.296 e. The molecule has 1 aromatic heterocycles. The van der Waals surface area contributed by atoms with Gasteiger partial charge in [0.1, 0.15) is 5.01 Å². The van der Waals surface area contributed by atoms with Crippen LogP contribution in [-0.4, -0.2) is 24.5 Å². The molecule has 0 radical (unpaired) electrons. The van der Waals surface area contributed by atoms with Crippen molar-refractivity contribution in [2.45, 2.75) is 25.3 Å². The van der Waals surface area contributed by atoms with Crippen LogP contribution in [0.25, 0.3) is 10.6 Å². The summed E-state index contributed by atoms with van der Waals surface area (Å²) in [6, 6.07) is 30.5. The van der Waals surface area contributed by atoms with E-state index in [1.807, 2.05) is 68.4 Å². The van der Waals surface area contributed by atoms with Gasteiger partial charge >= 0.3 is 0 Å². The fraction of sp³-hybridized carbons (Fsp3) is 0.100. The average molecular weight is 555 g/mol. The van der Waals surface area contributed by atoms with E-state index < -0.39 is 15.9 Å². The number of para-hydroxylation sites is 1. The number of aryl methyl sites for hydroxylation is 2. The van der Waals surface area contributed by atoms with E-state index >= 15 is 0 Å². The van der Waals surface area contributed by atoms with Crippen LogP contribution in [0.15, 0.2) is 108 Å². The summed E-state index contributed by atoms with van der Waals surface area (Å²) in [6.07, 6.45) is 0. The van der Waals surface area contributed by atoms with Gasteiger partial charge in [-0.05, 0) is 43.7 Å². The van der Waals surface area contributed by atoms with Crippen LogP contribution >= 0.6 is 11.3 Å². The molecule has 0 fully saturated rings. The van der Waals surface area contributed by atoms with Gasteiger partial charge in [-0.3, -0.25) is 14.4 Å². The Morgan fingerprint density at radius 3 is 2.10 bits per heavy atom. The third-order valence-corrected chi connectivity index (χ3v) is 8.80. The zero-order valence-electron chi connectivity index (χ0n) is 21.4. The molecular formula is C30H26N4O3S2. The summed E-state index contributed by atoms with van der Waals surface area (Å²) in [5.41, 5.74) is 4.24. The van der Waals surface area contributed by atoms with E-state index in [0.717, 1.165) is 22.3 Å². The molecule has 7 nitrogen and oxygen atoms in total. The summed E-state index contributed by atoms with van der Waals surface area (Å²) in [6.45, 7) is 3.96. The minimum absolute atomic E-state index is 0.0533. The molecule has 0 aliphatic heterocycles. The highest BCUT2D eigenvalue weighted by molar-refractivity contribution is 7.92. The van der Waals surface area contributed by atoms with E-state index in [0.29, 0.717) is 10.1 Å². The fourth-order valence-electron chi connectivity index (χ4n) is 4.02. The predicted molar refractivity (Wildman–Crippen MR) is 155 cm³/mol. The zero-order chi connectivity index (χ0) is 27.4. The second-order valence-electron chi connectivity index (χ2n) is 9.06.